The third-order valence-electron chi connectivity index (χ3n) is 5.47. The number of ether oxygens (including phenoxy) is 1. The maximum atomic E-state index is 13.4. The fourth-order valence-electron chi connectivity index (χ4n) is 3.67. The highest BCUT2D eigenvalue weighted by Crippen LogP contribution is 2.48. The zero-order valence-corrected chi connectivity index (χ0v) is 20.4. The monoisotopic (exact) mass is 561 g/mol. The molecule has 35 heavy (non-hydrogen) atoms. The number of fused-ring (bicyclic) bond motifs is 1. The van der Waals surface area contributed by atoms with Crippen LogP contribution in [0.4, 0.5) is 14.5 Å². The van der Waals surface area contributed by atoms with Gasteiger partial charge in [0.05, 0.1) is 5.69 Å². The summed E-state index contributed by atoms with van der Waals surface area (Å²) in [4.78, 5) is 29.5. The molecule has 0 unspecified atom stereocenters. The van der Waals surface area contributed by atoms with Crippen molar-refractivity contribution in [2.24, 2.45) is 5.73 Å². The van der Waals surface area contributed by atoms with Gasteiger partial charge in [-0.05, 0) is 60.7 Å². The summed E-state index contributed by atoms with van der Waals surface area (Å²) in [6.07, 6.45) is 0.498. The molecule has 8 nitrogen and oxygen atoms in total. The molecule has 0 bridgehead atoms. The number of carbonyl (C=O) groups excluding carboxylic acids is 2. The topological polar surface area (TPSA) is 112 Å². The van der Waals surface area contributed by atoms with Gasteiger partial charge in [-0.2, -0.15) is 5.10 Å². The minimum atomic E-state index is -2.75. The van der Waals surface area contributed by atoms with Crippen molar-refractivity contribution in [3.8, 4) is 5.75 Å². The summed E-state index contributed by atoms with van der Waals surface area (Å²) in [5.41, 5.74) is 6.09. The molecule has 0 atom stereocenters. The Kier molecular flexibility index (Phi) is 6.24. The average Bonchev–Trinajstić information content (AvgIpc) is 3.45. The number of amides is 2. The fraction of sp³-hybridized carbons (Fsp3) is 0.217. The van der Waals surface area contributed by atoms with E-state index >= 15 is 0 Å². The molecule has 180 valence electrons. The molecule has 12 heteroatoms. The van der Waals surface area contributed by atoms with E-state index in [2.05, 4.69) is 31.3 Å². The number of benzene rings is 1. The number of thiophene rings is 1. The van der Waals surface area contributed by atoms with Crippen LogP contribution < -0.4 is 15.8 Å². The standard InChI is InChI=1S/C23H18BrF2N5O3S/c24-12-3-5-13(6-4-12)34-10-31-8-7-15(30-31)22(33)29-18-17-14(11-1-2-11)9-16(20(25)26)28-23(17)35-19(18)21(27)32/h3-9,11,20H,1-2,10H2,(H2,27,32)(H,29,33). The first kappa shape index (κ1) is 23.4. The van der Waals surface area contributed by atoms with Crippen LogP contribution in [0.15, 0.2) is 47.1 Å². The predicted molar refractivity (Wildman–Crippen MR) is 130 cm³/mol. The van der Waals surface area contributed by atoms with Crippen molar-refractivity contribution >= 4 is 55.0 Å². The van der Waals surface area contributed by atoms with Gasteiger partial charge < -0.3 is 15.8 Å². The molecule has 0 radical (unpaired) electrons. The van der Waals surface area contributed by atoms with E-state index in [0.717, 1.165) is 28.7 Å². The molecule has 3 aromatic heterocycles. The Bertz CT molecular complexity index is 1430. The second-order valence-corrected chi connectivity index (χ2v) is 9.90. The minimum Gasteiger partial charge on any atom is -0.471 e. The fourth-order valence-corrected chi connectivity index (χ4v) is 4.96. The Labute approximate surface area is 210 Å². The Balaban J connectivity index is 1.42. The van der Waals surface area contributed by atoms with Gasteiger partial charge in [0.15, 0.2) is 12.4 Å². The lowest BCUT2D eigenvalue weighted by molar-refractivity contribution is 0.100. The number of alkyl halides is 2. The van der Waals surface area contributed by atoms with Crippen LogP contribution in [0.25, 0.3) is 10.2 Å². The Morgan fingerprint density at radius 1 is 1.26 bits per heavy atom. The maximum absolute atomic E-state index is 13.4. The molecule has 2 amide bonds. The van der Waals surface area contributed by atoms with Crippen molar-refractivity contribution in [3.05, 3.63) is 68.9 Å². The summed E-state index contributed by atoms with van der Waals surface area (Å²) < 4.78 is 34.8. The van der Waals surface area contributed by atoms with Gasteiger partial charge in [0.25, 0.3) is 18.2 Å². The lowest BCUT2D eigenvalue weighted by Gasteiger charge is -2.09. The number of pyridine rings is 1. The Morgan fingerprint density at radius 3 is 2.66 bits per heavy atom. The molecule has 3 N–H and O–H groups in total. The molecule has 4 aromatic rings. The second-order valence-electron chi connectivity index (χ2n) is 7.98. The highest BCUT2D eigenvalue weighted by molar-refractivity contribution is 9.10. The first-order chi connectivity index (χ1) is 16.8. The van der Waals surface area contributed by atoms with Crippen LogP contribution in [0, 0.1) is 0 Å². The SMILES string of the molecule is NC(=O)c1sc2nc(C(F)F)cc(C3CC3)c2c1NC(=O)c1ccn(COc2ccc(Br)cc2)n1. The van der Waals surface area contributed by atoms with Crippen molar-refractivity contribution in [3.63, 3.8) is 0 Å². The number of aromatic nitrogens is 3. The molecule has 1 fully saturated rings. The highest BCUT2D eigenvalue weighted by atomic mass is 79.9. The summed E-state index contributed by atoms with van der Waals surface area (Å²) in [7, 11) is 0. The molecular weight excluding hydrogens is 544 g/mol. The van der Waals surface area contributed by atoms with Gasteiger partial charge in [-0.15, -0.1) is 11.3 Å². The third-order valence-corrected chi connectivity index (χ3v) is 7.09. The molecule has 0 saturated heterocycles. The van der Waals surface area contributed by atoms with Crippen LogP contribution >= 0.6 is 27.3 Å². The van der Waals surface area contributed by atoms with E-state index in [9.17, 15) is 18.4 Å². The number of nitrogens with zero attached hydrogens (tertiary/aromatic N) is 3. The van der Waals surface area contributed by atoms with Crippen LogP contribution in [0.3, 0.4) is 0 Å². The number of halogens is 3. The number of primary amides is 1. The number of rotatable bonds is 8. The summed E-state index contributed by atoms with van der Waals surface area (Å²) in [5, 5.41) is 7.42. The lowest BCUT2D eigenvalue weighted by atomic mass is 10.0. The smallest absolute Gasteiger partial charge is 0.280 e. The van der Waals surface area contributed by atoms with Gasteiger partial charge >= 0.3 is 0 Å². The average molecular weight is 562 g/mol. The maximum Gasteiger partial charge on any atom is 0.280 e. The number of carbonyl (C=O) groups is 2. The molecular formula is C23H18BrF2N5O3S. The van der Waals surface area contributed by atoms with E-state index in [1.165, 1.54) is 16.8 Å². The van der Waals surface area contributed by atoms with E-state index in [-0.39, 0.29) is 39.4 Å². The second kappa shape index (κ2) is 9.34. The zero-order chi connectivity index (χ0) is 24.7. The molecule has 0 spiro atoms. The molecule has 1 aromatic carbocycles. The van der Waals surface area contributed by atoms with Crippen molar-refractivity contribution in [1.82, 2.24) is 14.8 Å². The van der Waals surface area contributed by atoms with Crippen molar-refractivity contribution < 1.29 is 23.1 Å². The molecule has 1 aliphatic carbocycles. The summed E-state index contributed by atoms with van der Waals surface area (Å²) >= 11 is 4.25. The van der Waals surface area contributed by atoms with Gasteiger partial charge in [-0.25, -0.2) is 18.4 Å². The molecule has 1 aliphatic rings. The van der Waals surface area contributed by atoms with Crippen LogP contribution in [0.2, 0.25) is 0 Å². The van der Waals surface area contributed by atoms with E-state index < -0.39 is 18.2 Å². The van der Waals surface area contributed by atoms with Gasteiger partial charge in [-0.3, -0.25) is 9.59 Å². The highest BCUT2D eigenvalue weighted by Gasteiger charge is 2.32. The van der Waals surface area contributed by atoms with Crippen LogP contribution in [-0.4, -0.2) is 26.6 Å². The quantitative estimate of drug-likeness (QED) is 0.296. The summed E-state index contributed by atoms with van der Waals surface area (Å²) in [6.45, 7) is 0.0784. The lowest BCUT2D eigenvalue weighted by Crippen LogP contribution is -2.18. The first-order valence-corrected chi connectivity index (χ1v) is 12.2. The number of anilines is 1. The van der Waals surface area contributed by atoms with Gasteiger partial charge in [0, 0.05) is 16.1 Å². The Hall–Kier alpha value is -3.38. The number of nitrogens with two attached hydrogens (primary N) is 1. The molecule has 3 heterocycles. The zero-order valence-electron chi connectivity index (χ0n) is 18.0. The third kappa shape index (κ3) is 4.89. The molecule has 1 saturated carbocycles. The summed E-state index contributed by atoms with van der Waals surface area (Å²) in [5.74, 6) is -0.654. The van der Waals surface area contributed by atoms with E-state index in [4.69, 9.17) is 10.5 Å². The normalized spacial score (nSPS) is 13.4. The first-order valence-electron chi connectivity index (χ1n) is 10.6. The molecule has 5 rings (SSSR count). The van der Waals surface area contributed by atoms with Crippen molar-refractivity contribution in [2.45, 2.75) is 31.9 Å². The molecule has 0 aliphatic heterocycles. The number of nitrogens with one attached hydrogen (secondary N) is 1. The minimum absolute atomic E-state index is 0.0483. The van der Waals surface area contributed by atoms with Gasteiger partial charge in [-0.1, -0.05) is 15.9 Å². The Morgan fingerprint density at radius 2 is 2.00 bits per heavy atom. The largest absolute Gasteiger partial charge is 0.471 e. The van der Waals surface area contributed by atoms with E-state index in [1.54, 1.807) is 18.3 Å². The van der Waals surface area contributed by atoms with Crippen LogP contribution in [-0.2, 0) is 6.73 Å². The van der Waals surface area contributed by atoms with E-state index in [1.807, 2.05) is 12.1 Å². The van der Waals surface area contributed by atoms with Gasteiger partial charge in [0.2, 0.25) is 0 Å². The number of hydrogen-bond acceptors (Lipinski definition) is 6. The van der Waals surface area contributed by atoms with Crippen molar-refractivity contribution in [1.29, 1.82) is 0 Å². The number of hydrogen-bond donors (Lipinski definition) is 2. The van der Waals surface area contributed by atoms with Crippen LogP contribution in [0.1, 0.15) is 56.6 Å². The van der Waals surface area contributed by atoms with Gasteiger partial charge in [0.1, 0.15) is 21.2 Å². The van der Waals surface area contributed by atoms with Crippen molar-refractivity contribution in [2.75, 3.05) is 5.32 Å². The predicted octanol–water partition coefficient (Wildman–Crippen LogP) is 5.46. The van der Waals surface area contributed by atoms with E-state index in [0.29, 0.717) is 16.7 Å². The summed E-state index contributed by atoms with van der Waals surface area (Å²) in [6, 6.07) is 10.1. The van der Waals surface area contributed by atoms with Crippen LogP contribution in [0.5, 0.6) is 5.75 Å².